The minimum Gasteiger partial charge on any atom is -0.469 e. The van der Waals surface area contributed by atoms with Gasteiger partial charge in [0.15, 0.2) is 0 Å². The summed E-state index contributed by atoms with van der Waals surface area (Å²) in [6.07, 6.45) is 0.957. The van der Waals surface area contributed by atoms with Crippen molar-refractivity contribution in [1.82, 2.24) is 0 Å². The van der Waals surface area contributed by atoms with Crippen LogP contribution in [-0.2, 0) is 16.0 Å². The maximum atomic E-state index is 11.4. The Hall–Kier alpha value is -1.51. The first-order valence-electron chi connectivity index (χ1n) is 5.91. The van der Waals surface area contributed by atoms with Crippen molar-refractivity contribution in [3.63, 3.8) is 0 Å². The van der Waals surface area contributed by atoms with Crippen LogP contribution in [0.3, 0.4) is 0 Å². The number of benzene rings is 1. The zero-order chi connectivity index (χ0) is 13.0. The molecular formula is C14H21NO2. The quantitative estimate of drug-likeness (QED) is 0.645. The van der Waals surface area contributed by atoms with E-state index in [1.807, 2.05) is 25.1 Å². The molecule has 0 saturated carbocycles. The molecule has 2 N–H and O–H groups in total. The highest BCUT2D eigenvalue weighted by Crippen LogP contribution is 2.23. The second-order valence-corrected chi connectivity index (χ2v) is 4.80. The zero-order valence-corrected chi connectivity index (χ0v) is 11.0. The van der Waals surface area contributed by atoms with Crippen LogP contribution in [-0.4, -0.2) is 13.1 Å². The molecule has 0 amide bonds. The van der Waals surface area contributed by atoms with Crippen LogP contribution >= 0.6 is 0 Å². The number of methoxy groups -OCH3 is 1. The van der Waals surface area contributed by atoms with E-state index < -0.39 is 0 Å². The van der Waals surface area contributed by atoms with Gasteiger partial charge >= 0.3 is 5.97 Å². The molecule has 0 aromatic heterocycles. The van der Waals surface area contributed by atoms with E-state index in [4.69, 9.17) is 10.5 Å². The molecule has 0 aliphatic rings. The van der Waals surface area contributed by atoms with Gasteiger partial charge in [-0.15, -0.1) is 0 Å². The van der Waals surface area contributed by atoms with E-state index in [1.165, 1.54) is 7.11 Å². The first-order chi connectivity index (χ1) is 7.95. The Morgan fingerprint density at radius 1 is 1.35 bits per heavy atom. The topological polar surface area (TPSA) is 52.3 Å². The van der Waals surface area contributed by atoms with E-state index >= 15 is 0 Å². The van der Waals surface area contributed by atoms with E-state index in [-0.39, 0.29) is 11.9 Å². The number of anilines is 1. The largest absolute Gasteiger partial charge is 0.469 e. The minimum atomic E-state index is -0.268. The lowest BCUT2D eigenvalue weighted by Gasteiger charge is -2.13. The normalized spacial score (nSPS) is 12.5. The number of nitrogens with two attached hydrogens (primary N) is 1. The van der Waals surface area contributed by atoms with Gasteiger partial charge in [-0.25, -0.2) is 0 Å². The molecule has 17 heavy (non-hydrogen) atoms. The molecule has 3 nitrogen and oxygen atoms in total. The fourth-order valence-electron chi connectivity index (χ4n) is 1.82. The monoisotopic (exact) mass is 235 g/mol. The predicted octanol–water partition coefficient (Wildman–Crippen LogP) is 2.74. The van der Waals surface area contributed by atoms with Gasteiger partial charge in [-0.05, 0) is 36.5 Å². The van der Waals surface area contributed by atoms with Gasteiger partial charge in [0.25, 0.3) is 0 Å². The zero-order valence-electron chi connectivity index (χ0n) is 11.0. The minimum absolute atomic E-state index is 0.235. The molecule has 1 unspecified atom stereocenters. The first-order valence-corrected chi connectivity index (χ1v) is 5.91. The maximum Gasteiger partial charge on any atom is 0.312 e. The summed E-state index contributed by atoms with van der Waals surface area (Å²) in [6, 6.07) is 5.83. The third-order valence-corrected chi connectivity index (χ3v) is 2.85. The van der Waals surface area contributed by atoms with Crippen LogP contribution in [0.2, 0.25) is 0 Å². The highest BCUT2D eigenvalue weighted by molar-refractivity contribution is 5.78. The number of hydrogen-bond acceptors (Lipinski definition) is 3. The molecule has 3 heteroatoms. The summed E-state index contributed by atoms with van der Waals surface area (Å²) in [5.74, 6) is 0.0672. The van der Waals surface area contributed by atoms with Crippen molar-refractivity contribution in [3.05, 3.63) is 29.3 Å². The van der Waals surface area contributed by atoms with E-state index in [0.717, 1.165) is 23.2 Å². The standard InChI is InChI=1S/C14H21NO2/c1-9(2)7-12-6-5-11(8-13(12)15)10(3)14(16)17-4/h5-6,8-10H,7,15H2,1-4H3. The summed E-state index contributed by atoms with van der Waals surface area (Å²) >= 11 is 0. The van der Waals surface area contributed by atoms with Gasteiger partial charge < -0.3 is 10.5 Å². The Bertz CT molecular complexity index is 399. The van der Waals surface area contributed by atoms with E-state index in [1.54, 1.807) is 0 Å². The van der Waals surface area contributed by atoms with Crippen LogP contribution in [0.5, 0.6) is 0 Å². The molecule has 0 radical (unpaired) electrons. The van der Waals surface area contributed by atoms with Crippen LogP contribution in [0.1, 0.15) is 37.8 Å². The van der Waals surface area contributed by atoms with Crippen LogP contribution in [0.25, 0.3) is 0 Å². The number of carbonyl (C=O) groups excluding carboxylic acids is 1. The molecule has 0 fully saturated rings. The fourth-order valence-corrected chi connectivity index (χ4v) is 1.82. The van der Waals surface area contributed by atoms with Crippen molar-refractivity contribution in [1.29, 1.82) is 0 Å². The van der Waals surface area contributed by atoms with Crippen molar-refractivity contribution in [2.24, 2.45) is 5.92 Å². The lowest BCUT2D eigenvalue weighted by atomic mass is 9.95. The van der Waals surface area contributed by atoms with E-state index in [0.29, 0.717) is 5.92 Å². The van der Waals surface area contributed by atoms with Crippen molar-refractivity contribution in [2.75, 3.05) is 12.8 Å². The smallest absolute Gasteiger partial charge is 0.312 e. The first kappa shape index (κ1) is 13.6. The highest BCUT2D eigenvalue weighted by Gasteiger charge is 2.16. The fraction of sp³-hybridized carbons (Fsp3) is 0.500. The van der Waals surface area contributed by atoms with Crippen LogP contribution in [0.4, 0.5) is 5.69 Å². The number of hydrogen-bond donors (Lipinski definition) is 1. The van der Waals surface area contributed by atoms with Crippen molar-refractivity contribution in [3.8, 4) is 0 Å². The highest BCUT2D eigenvalue weighted by atomic mass is 16.5. The Kier molecular flexibility index (Phi) is 4.55. The molecule has 1 rings (SSSR count). The molecule has 0 spiro atoms. The van der Waals surface area contributed by atoms with Gasteiger partial charge in [-0.2, -0.15) is 0 Å². The predicted molar refractivity (Wildman–Crippen MR) is 69.8 cm³/mol. The number of carbonyl (C=O) groups is 1. The Morgan fingerprint density at radius 2 is 2.00 bits per heavy atom. The molecular weight excluding hydrogens is 214 g/mol. The van der Waals surface area contributed by atoms with Crippen molar-refractivity contribution < 1.29 is 9.53 Å². The van der Waals surface area contributed by atoms with Gasteiger partial charge in [0.2, 0.25) is 0 Å². The van der Waals surface area contributed by atoms with Crippen LogP contribution in [0, 0.1) is 5.92 Å². The van der Waals surface area contributed by atoms with Gasteiger partial charge in [-0.3, -0.25) is 4.79 Å². The van der Waals surface area contributed by atoms with Crippen LogP contribution in [0.15, 0.2) is 18.2 Å². The van der Waals surface area contributed by atoms with Crippen molar-refractivity contribution in [2.45, 2.75) is 33.1 Å². The SMILES string of the molecule is COC(=O)C(C)c1ccc(CC(C)C)c(N)c1. The second kappa shape index (κ2) is 5.71. The molecule has 0 aliphatic carbocycles. The number of nitrogen functional groups attached to an aromatic ring is 1. The van der Waals surface area contributed by atoms with Gasteiger partial charge in [0.05, 0.1) is 13.0 Å². The molecule has 1 aromatic rings. The Morgan fingerprint density at radius 3 is 2.47 bits per heavy atom. The molecule has 1 atom stereocenters. The third kappa shape index (κ3) is 3.48. The maximum absolute atomic E-state index is 11.4. The lowest BCUT2D eigenvalue weighted by molar-refractivity contribution is -0.141. The van der Waals surface area contributed by atoms with Gasteiger partial charge in [-0.1, -0.05) is 26.0 Å². The van der Waals surface area contributed by atoms with Crippen LogP contribution < -0.4 is 5.73 Å². The molecule has 0 saturated heterocycles. The molecule has 0 bridgehead atoms. The summed E-state index contributed by atoms with van der Waals surface area (Å²) in [7, 11) is 1.40. The number of esters is 1. The number of rotatable bonds is 4. The molecule has 94 valence electrons. The average molecular weight is 235 g/mol. The average Bonchev–Trinajstić information content (AvgIpc) is 2.29. The summed E-state index contributed by atoms with van der Waals surface area (Å²) in [6.45, 7) is 6.14. The van der Waals surface area contributed by atoms with Crippen molar-refractivity contribution >= 4 is 11.7 Å². The third-order valence-electron chi connectivity index (χ3n) is 2.85. The number of ether oxygens (including phenoxy) is 1. The summed E-state index contributed by atoms with van der Waals surface area (Å²) in [5, 5.41) is 0. The lowest BCUT2D eigenvalue weighted by Crippen LogP contribution is -2.11. The van der Waals surface area contributed by atoms with Gasteiger partial charge in [0, 0.05) is 5.69 Å². The summed E-state index contributed by atoms with van der Waals surface area (Å²) in [5.41, 5.74) is 8.80. The Labute approximate surface area is 103 Å². The summed E-state index contributed by atoms with van der Waals surface area (Å²) in [4.78, 5) is 11.4. The summed E-state index contributed by atoms with van der Waals surface area (Å²) < 4.78 is 4.72. The van der Waals surface area contributed by atoms with E-state index in [2.05, 4.69) is 13.8 Å². The van der Waals surface area contributed by atoms with E-state index in [9.17, 15) is 4.79 Å². The molecule has 1 aromatic carbocycles. The second-order valence-electron chi connectivity index (χ2n) is 4.80. The Balaban J connectivity index is 2.92. The molecule has 0 aliphatic heterocycles. The van der Waals surface area contributed by atoms with Gasteiger partial charge in [0.1, 0.15) is 0 Å². The molecule has 0 heterocycles.